The predicted molar refractivity (Wildman–Crippen MR) is 120 cm³/mol. The SMILES string of the molecule is CCOC(=O)Cn1cc(C=C2NC(=O)N(Cc3ccc(Br)cc3)C2=O)c2ccccc21. The maximum absolute atomic E-state index is 12.9. The lowest BCUT2D eigenvalue weighted by atomic mass is 10.1. The number of nitrogens with zero attached hydrogens (tertiary/aromatic N) is 2. The fourth-order valence-corrected chi connectivity index (χ4v) is 3.77. The Labute approximate surface area is 187 Å². The number of urea groups is 1. The van der Waals surface area contributed by atoms with Crippen molar-refractivity contribution in [1.29, 1.82) is 0 Å². The molecule has 1 N–H and O–H groups in total. The van der Waals surface area contributed by atoms with Crippen LogP contribution in [-0.4, -0.2) is 34.0 Å². The summed E-state index contributed by atoms with van der Waals surface area (Å²) in [6, 6.07) is 14.5. The summed E-state index contributed by atoms with van der Waals surface area (Å²) in [5.41, 5.74) is 2.61. The van der Waals surface area contributed by atoms with Crippen molar-refractivity contribution in [3.05, 3.63) is 76.0 Å². The fraction of sp³-hybridized carbons (Fsp3) is 0.174. The minimum Gasteiger partial charge on any atom is -0.465 e. The summed E-state index contributed by atoms with van der Waals surface area (Å²) in [5.74, 6) is -0.733. The van der Waals surface area contributed by atoms with Gasteiger partial charge in [-0.3, -0.25) is 14.5 Å². The van der Waals surface area contributed by atoms with Crippen LogP contribution in [0.1, 0.15) is 18.1 Å². The van der Waals surface area contributed by atoms with Crippen molar-refractivity contribution < 1.29 is 19.1 Å². The van der Waals surface area contributed by atoms with Crippen molar-refractivity contribution in [2.75, 3.05) is 6.61 Å². The van der Waals surface area contributed by atoms with Crippen LogP contribution in [0, 0.1) is 0 Å². The van der Waals surface area contributed by atoms with Gasteiger partial charge in [-0.2, -0.15) is 0 Å². The summed E-state index contributed by atoms with van der Waals surface area (Å²) in [7, 11) is 0. The fourth-order valence-electron chi connectivity index (χ4n) is 3.51. The van der Waals surface area contributed by atoms with Gasteiger partial charge in [-0.1, -0.05) is 46.3 Å². The number of hydrogen-bond acceptors (Lipinski definition) is 4. The second-order valence-corrected chi connectivity index (χ2v) is 7.96. The molecule has 3 aromatic rings. The van der Waals surface area contributed by atoms with Crippen LogP contribution in [0.3, 0.4) is 0 Å². The average molecular weight is 482 g/mol. The summed E-state index contributed by atoms with van der Waals surface area (Å²) < 4.78 is 7.75. The van der Waals surface area contributed by atoms with E-state index in [4.69, 9.17) is 4.74 Å². The standard InChI is InChI=1S/C23H20BrN3O4/c1-2-31-21(28)14-26-13-16(18-5-3-4-6-20(18)26)11-19-22(29)27(23(30)25-19)12-15-7-9-17(24)10-8-15/h3-11,13H,2,12,14H2,1H3,(H,25,30). The first-order valence-corrected chi connectivity index (χ1v) is 10.6. The van der Waals surface area contributed by atoms with Crippen molar-refractivity contribution in [1.82, 2.24) is 14.8 Å². The van der Waals surface area contributed by atoms with E-state index in [0.29, 0.717) is 6.61 Å². The monoisotopic (exact) mass is 481 g/mol. The van der Waals surface area contributed by atoms with Crippen LogP contribution in [0.15, 0.2) is 64.9 Å². The zero-order chi connectivity index (χ0) is 22.0. The lowest BCUT2D eigenvalue weighted by molar-refractivity contribution is -0.143. The molecular formula is C23H20BrN3O4. The second-order valence-electron chi connectivity index (χ2n) is 7.04. The van der Waals surface area contributed by atoms with Gasteiger partial charge in [-0.05, 0) is 36.8 Å². The molecule has 1 aromatic heterocycles. The molecule has 0 bridgehead atoms. The predicted octanol–water partition coefficient (Wildman–Crippen LogP) is 4.06. The Morgan fingerprint density at radius 1 is 1.13 bits per heavy atom. The van der Waals surface area contributed by atoms with E-state index < -0.39 is 11.9 Å². The number of halogens is 1. The highest BCUT2D eigenvalue weighted by Crippen LogP contribution is 2.25. The van der Waals surface area contributed by atoms with Crippen molar-refractivity contribution in [3.8, 4) is 0 Å². The van der Waals surface area contributed by atoms with Gasteiger partial charge in [0.05, 0.1) is 13.2 Å². The molecule has 31 heavy (non-hydrogen) atoms. The molecule has 1 aliphatic rings. The van der Waals surface area contributed by atoms with Gasteiger partial charge in [0.15, 0.2) is 0 Å². The summed E-state index contributed by atoms with van der Waals surface area (Å²) in [6.45, 7) is 2.31. The molecule has 7 nitrogen and oxygen atoms in total. The molecule has 158 valence electrons. The molecule has 4 rings (SSSR count). The van der Waals surface area contributed by atoms with E-state index >= 15 is 0 Å². The molecule has 3 amide bonds. The molecule has 0 unspecified atom stereocenters. The summed E-state index contributed by atoms with van der Waals surface area (Å²) in [6.07, 6.45) is 3.43. The van der Waals surface area contributed by atoms with Gasteiger partial charge in [0, 0.05) is 27.1 Å². The van der Waals surface area contributed by atoms with Crippen LogP contribution < -0.4 is 5.32 Å². The number of fused-ring (bicyclic) bond motifs is 1. The first-order valence-electron chi connectivity index (χ1n) is 9.78. The Kier molecular flexibility index (Phi) is 5.90. The van der Waals surface area contributed by atoms with E-state index in [9.17, 15) is 14.4 Å². The highest BCUT2D eigenvalue weighted by molar-refractivity contribution is 9.10. The van der Waals surface area contributed by atoms with E-state index in [1.807, 2.05) is 48.5 Å². The van der Waals surface area contributed by atoms with Gasteiger partial charge in [0.25, 0.3) is 5.91 Å². The Morgan fingerprint density at radius 3 is 2.61 bits per heavy atom. The quantitative estimate of drug-likeness (QED) is 0.327. The molecule has 0 saturated carbocycles. The van der Waals surface area contributed by atoms with Crippen molar-refractivity contribution in [3.63, 3.8) is 0 Å². The lowest BCUT2D eigenvalue weighted by Gasteiger charge is -2.11. The lowest BCUT2D eigenvalue weighted by Crippen LogP contribution is -2.30. The molecule has 0 spiro atoms. The number of para-hydroxylation sites is 1. The van der Waals surface area contributed by atoms with Crippen LogP contribution in [0.2, 0.25) is 0 Å². The molecule has 0 atom stereocenters. The first-order chi connectivity index (χ1) is 15.0. The molecule has 1 saturated heterocycles. The minimum atomic E-state index is -0.463. The van der Waals surface area contributed by atoms with Crippen LogP contribution in [0.25, 0.3) is 17.0 Å². The zero-order valence-corrected chi connectivity index (χ0v) is 18.4. The molecule has 0 aliphatic carbocycles. The zero-order valence-electron chi connectivity index (χ0n) is 16.8. The number of amides is 3. The molecular weight excluding hydrogens is 462 g/mol. The number of hydrogen-bond donors (Lipinski definition) is 1. The van der Waals surface area contributed by atoms with Crippen LogP contribution in [-0.2, 0) is 27.4 Å². The smallest absolute Gasteiger partial charge is 0.329 e. The highest BCUT2D eigenvalue weighted by atomic mass is 79.9. The number of esters is 1. The third-order valence-electron chi connectivity index (χ3n) is 4.94. The molecule has 1 fully saturated rings. The number of rotatable bonds is 6. The molecule has 0 radical (unpaired) electrons. The van der Waals surface area contributed by atoms with Gasteiger partial charge < -0.3 is 14.6 Å². The van der Waals surface area contributed by atoms with E-state index in [0.717, 1.165) is 26.5 Å². The second kappa shape index (κ2) is 8.77. The third-order valence-corrected chi connectivity index (χ3v) is 5.47. The Morgan fingerprint density at radius 2 is 1.87 bits per heavy atom. The van der Waals surface area contributed by atoms with Crippen LogP contribution in [0.5, 0.6) is 0 Å². The van der Waals surface area contributed by atoms with Crippen LogP contribution >= 0.6 is 15.9 Å². The van der Waals surface area contributed by atoms with Crippen molar-refractivity contribution >= 4 is 50.8 Å². The maximum atomic E-state index is 12.9. The van der Waals surface area contributed by atoms with Gasteiger partial charge in [-0.15, -0.1) is 0 Å². The maximum Gasteiger partial charge on any atom is 0.329 e. The van der Waals surface area contributed by atoms with Crippen molar-refractivity contribution in [2.24, 2.45) is 0 Å². The number of carbonyl (C=O) groups is 3. The minimum absolute atomic E-state index is 0.0630. The number of nitrogens with one attached hydrogen (secondary N) is 1. The van der Waals surface area contributed by atoms with E-state index in [1.165, 1.54) is 4.90 Å². The van der Waals surface area contributed by atoms with E-state index in [-0.39, 0.29) is 24.8 Å². The molecule has 8 heteroatoms. The average Bonchev–Trinajstić information content (AvgIpc) is 3.22. The van der Waals surface area contributed by atoms with E-state index in [2.05, 4.69) is 21.2 Å². The highest BCUT2D eigenvalue weighted by Gasteiger charge is 2.33. The summed E-state index contributed by atoms with van der Waals surface area (Å²) >= 11 is 3.37. The van der Waals surface area contributed by atoms with E-state index in [1.54, 1.807) is 23.8 Å². The van der Waals surface area contributed by atoms with Gasteiger partial charge in [-0.25, -0.2) is 4.79 Å². The van der Waals surface area contributed by atoms with Gasteiger partial charge >= 0.3 is 12.0 Å². The van der Waals surface area contributed by atoms with Crippen molar-refractivity contribution in [2.45, 2.75) is 20.0 Å². The number of carbonyl (C=O) groups excluding carboxylic acids is 3. The normalized spacial score (nSPS) is 15.0. The summed E-state index contributed by atoms with van der Waals surface area (Å²) in [5, 5.41) is 3.53. The Hall–Kier alpha value is -3.39. The van der Waals surface area contributed by atoms with Crippen LogP contribution in [0.4, 0.5) is 4.79 Å². The third kappa shape index (κ3) is 4.39. The van der Waals surface area contributed by atoms with Gasteiger partial charge in [0.2, 0.25) is 0 Å². The molecule has 2 heterocycles. The largest absolute Gasteiger partial charge is 0.465 e. The van der Waals surface area contributed by atoms with Gasteiger partial charge in [0.1, 0.15) is 12.2 Å². The number of aromatic nitrogens is 1. The molecule has 1 aliphatic heterocycles. The Balaban J connectivity index is 1.62. The molecule has 2 aromatic carbocycles. The summed E-state index contributed by atoms with van der Waals surface area (Å²) in [4.78, 5) is 38.4. The Bertz CT molecular complexity index is 1200. The first kappa shape index (κ1) is 20.9. The topological polar surface area (TPSA) is 80.6 Å². The number of benzene rings is 2. The number of ether oxygens (including phenoxy) is 1. The number of imide groups is 1.